The molecule has 2 atom stereocenters. The SMILES string of the molecule is O=C(Nc1ccc(C(=O)N2CCC3COCC3C2)cc1)N1C=C2C=CNC=C2C1. The van der Waals surface area contributed by atoms with Crippen LogP contribution in [0.5, 0.6) is 0 Å². The number of carbonyl (C=O) groups is 2. The molecular formula is C22H24N4O3. The van der Waals surface area contributed by atoms with Crippen molar-refractivity contribution in [3.8, 4) is 0 Å². The molecule has 5 rings (SSSR count). The zero-order valence-electron chi connectivity index (χ0n) is 16.1. The van der Waals surface area contributed by atoms with Crippen LogP contribution in [0.1, 0.15) is 16.8 Å². The van der Waals surface area contributed by atoms with Gasteiger partial charge in [-0.2, -0.15) is 0 Å². The van der Waals surface area contributed by atoms with Gasteiger partial charge in [0, 0.05) is 55.5 Å². The van der Waals surface area contributed by atoms with E-state index >= 15 is 0 Å². The molecule has 29 heavy (non-hydrogen) atoms. The smallest absolute Gasteiger partial charge is 0.326 e. The van der Waals surface area contributed by atoms with Crippen molar-refractivity contribution in [3.63, 3.8) is 0 Å². The normalized spacial score (nSPS) is 25.0. The number of nitrogens with zero attached hydrogens (tertiary/aromatic N) is 2. The number of anilines is 1. The predicted molar refractivity (Wildman–Crippen MR) is 109 cm³/mol. The van der Waals surface area contributed by atoms with Gasteiger partial charge in [0.05, 0.1) is 13.2 Å². The van der Waals surface area contributed by atoms with Gasteiger partial charge in [-0.15, -0.1) is 0 Å². The molecule has 0 bridgehead atoms. The summed E-state index contributed by atoms with van der Waals surface area (Å²) in [5.41, 5.74) is 3.44. The van der Waals surface area contributed by atoms with Gasteiger partial charge in [0.1, 0.15) is 0 Å². The van der Waals surface area contributed by atoms with Crippen LogP contribution in [-0.4, -0.2) is 54.6 Å². The molecule has 7 nitrogen and oxygen atoms in total. The van der Waals surface area contributed by atoms with Gasteiger partial charge < -0.3 is 20.3 Å². The highest BCUT2D eigenvalue weighted by Gasteiger charge is 2.35. The van der Waals surface area contributed by atoms with Gasteiger partial charge >= 0.3 is 6.03 Å². The minimum Gasteiger partial charge on any atom is -0.381 e. The summed E-state index contributed by atoms with van der Waals surface area (Å²) in [6.45, 7) is 3.68. The highest BCUT2D eigenvalue weighted by Crippen LogP contribution is 2.30. The first kappa shape index (κ1) is 18.0. The highest BCUT2D eigenvalue weighted by atomic mass is 16.5. The Bertz CT molecular complexity index is 918. The van der Waals surface area contributed by atoms with Crippen molar-refractivity contribution in [3.05, 3.63) is 65.7 Å². The van der Waals surface area contributed by atoms with Crippen LogP contribution in [0.2, 0.25) is 0 Å². The van der Waals surface area contributed by atoms with Crippen molar-refractivity contribution in [1.29, 1.82) is 0 Å². The first-order valence-corrected chi connectivity index (χ1v) is 10.1. The molecule has 4 aliphatic rings. The molecule has 1 aromatic carbocycles. The van der Waals surface area contributed by atoms with Crippen LogP contribution in [0.3, 0.4) is 0 Å². The maximum absolute atomic E-state index is 12.8. The number of likely N-dealkylation sites (tertiary alicyclic amines) is 1. The number of amides is 3. The van der Waals surface area contributed by atoms with Crippen LogP contribution in [0, 0.1) is 11.8 Å². The lowest BCUT2D eigenvalue weighted by Gasteiger charge is -2.34. The van der Waals surface area contributed by atoms with E-state index in [-0.39, 0.29) is 11.9 Å². The Morgan fingerprint density at radius 2 is 1.97 bits per heavy atom. The number of rotatable bonds is 2. The lowest BCUT2D eigenvalue weighted by molar-refractivity contribution is 0.0641. The Morgan fingerprint density at radius 1 is 1.14 bits per heavy atom. The summed E-state index contributed by atoms with van der Waals surface area (Å²) in [4.78, 5) is 29.0. The topological polar surface area (TPSA) is 73.9 Å². The van der Waals surface area contributed by atoms with Gasteiger partial charge in [-0.1, -0.05) is 0 Å². The molecule has 4 heterocycles. The number of fused-ring (bicyclic) bond motifs is 2. The maximum atomic E-state index is 12.8. The molecule has 0 saturated carbocycles. The van der Waals surface area contributed by atoms with E-state index in [0.717, 1.165) is 43.9 Å². The van der Waals surface area contributed by atoms with Crippen LogP contribution < -0.4 is 10.6 Å². The molecule has 150 valence electrons. The molecule has 0 aliphatic carbocycles. The fraction of sp³-hybridized carbons (Fsp3) is 0.364. The van der Waals surface area contributed by atoms with Crippen LogP contribution in [0.25, 0.3) is 0 Å². The van der Waals surface area contributed by atoms with Gasteiger partial charge in [0.2, 0.25) is 0 Å². The van der Waals surface area contributed by atoms with Gasteiger partial charge in [-0.05, 0) is 53.8 Å². The first-order chi connectivity index (χ1) is 14.2. The Hall–Kier alpha value is -3.06. The number of urea groups is 1. The van der Waals surface area contributed by atoms with E-state index in [0.29, 0.717) is 29.6 Å². The fourth-order valence-corrected chi connectivity index (χ4v) is 4.39. The standard InChI is InChI=1S/C22H24N4O3/c27-21(25-8-6-17-13-29-14-19(17)12-25)15-1-3-20(4-2-15)24-22(28)26-10-16-5-7-23-9-18(16)11-26/h1-5,7,9-10,17,19,23H,6,8,11-14H2,(H,24,28). The molecule has 2 N–H and O–H groups in total. The summed E-state index contributed by atoms with van der Waals surface area (Å²) in [7, 11) is 0. The molecule has 0 aromatic heterocycles. The molecule has 0 radical (unpaired) electrons. The van der Waals surface area contributed by atoms with Crippen molar-refractivity contribution in [2.45, 2.75) is 6.42 Å². The highest BCUT2D eigenvalue weighted by molar-refractivity contribution is 5.96. The maximum Gasteiger partial charge on any atom is 0.326 e. The molecule has 4 aliphatic heterocycles. The second-order valence-electron chi connectivity index (χ2n) is 7.99. The van der Waals surface area contributed by atoms with Crippen LogP contribution in [-0.2, 0) is 4.74 Å². The second-order valence-corrected chi connectivity index (χ2v) is 7.99. The van der Waals surface area contributed by atoms with Crippen molar-refractivity contribution in [2.75, 3.05) is 38.2 Å². The lowest BCUT2D eigenvalue weighted by atomic mass is 9.88. The van der Waals surface area contributed by atoms with Crippen LogP contribution in [0.15, 0.2) is 60.1 Å². The molecule has 0 spiro atoms. The summed E-state index contributed by atoms with van der Waals surface area (Å²) < 4.78 is 5.55. The minimum absolute atomic E-state index is 0.0489. The number of carbonyl (C=O) groups excluding carboxylic acids is 2. The number of dihydropyridines is 1. The quantitative estimate of drug-likeness (QED) is 0.811. The largest absolute Gasteiger partial charge is 0.381 e. The fourth-order valence-electron chi connectivity index (χ4n) is 4.39. The summed E-state index contributed by atoms with van der Waals surface area (Å²) in [6, 6.07) is 6.95. The number of hydrogen-bond acceptors (Lipinski definition) is 4. The molecule has 2 unspecified atom stereocenters. The molecule has 2 saturated heterocycles. The van der Waals surface area contributed by atoms with Crippen LogP contribution in [0.4, 0.5) is 10.5 Å². The Balaban J connectivity index is 1.20. The third kappa shape index (κ3) is 3.53. The van der Waals surface area contributed by atoms with E-state index in [4.69, 9.17) is 4.74 Å². The van der Waals surface area contributed by atoms with E-state index < -0.39 is 0 Å². The van der Waals surface area contributed by atoms with E-state index in [1.165, 1.54) is 0 Å². The molecule has 1 aromatic rings. The zero-order valence-corrected chi connectivity index (χ0v) is 16.1. The number of ether oxygens (including phenoxy) is 1. The number of allylic oxidation sites excluding steroid dienone is 1. The number of piperidine rings is 1. The molecule has 3 amide bonds. The van der Waals surface area contributed by atoms with Gasteiger partial charge in [0.25, 0.3) is 5.91 Å². The zero-order chi connectivity index (χ0) is 19.8. The predicted octanol–water partition coefficient (Wildman–Crippen LogP) is 2.53. The summed E-state index contributed by atoms with van der Waals surface area (Å²) >= 11 is 0. The Labute approximate surface area is 169 Å². The van der Waals surface area contributed by atoms with E-state index in [1.807, 2.05) is 29.6 Å². The van der Waals surface area contributed by atoms with E-state index in [2.05, 4.69) is 10.6 Å². The Morgan fingerprint density at radius 3 is 2.79 bits per heavy atom. The number of nitrogens with one attached hydrogen (secondary N) is 2. The van der Waals surface area contributed by atoms with Crippen molar-refractivity contribution in [2.24, 2.45) is 11.8 Å². The third-order valence-electron chi connectivity index (χ3n) is 6.11. The van der Waals surface area contributed by atoms with E-state index in [1.54, 1.807) is 29.2 Å². The number of hydrogen-bond donors (Lipinski definition) is 2. The van der Waals surface area contributed by atoms with Crippen molar-refractivity contribution in [1.82, 2.24) is 15.1 Å². The summed E-state index contributed by atoms with van der Waals surface area (Å²) in [6.07, 6.45) is 8.54. The average Bonchev–Trinajstić information content (AvgIpc) is 3.40. The third-order valence-corrected chi connectivity index (χ3v) is 6.11. The summed E-state index contributed by atoms with van der Waals surface area (Å²) in [5, 5.41) is 5.94. The second kappa shape index (κ2) is 7.40. The van der Waals surface area contributed by atoms with Crippen LogP contribution >= 0.6 is 0 Å². The minimum atomic E-state index is -0.191. The van der Waals surface area contributed by atoms with Crippen molar-refractivity contribution < 1.29 is 14.3 Å². The Kier molecular flexibility index (Phi) is 4.60. The molecule has 2 fully saturated rings. The molecular weight excluding hydrogens is 368 g/mol. The van der Waals surface area contributed by atoms with Gasteiger partial charge in [-0.25, -0.2) is 4.79 Å². The van der Waals surface area contributed by atoms with Crippen molar-refractivity contribution >= 4 is 17.6 Å². The van der Waals surface area contributed by atoms with E-state index in [9.17, 15) is 9.59 Å². The first-order valence-electron chi connectivity index (χ1n) is 10.1. The van der Waals surface area contributed by atoms with Gasteiger partial charge in [0.15, 0.2) is 0 Å². The van der Waals surface area contributed by atoms with Gasteiger partial charge in [-0.3, -0.25) is 9.69 Å². The average molecular weight is 392 g/mol. The lowest BCUT2D eigenvalue weighted by Crippen LogP contribution is -2.43. The molecule has 7 heteroatoms. The number of benzene rings is 1. The summed E-state index contributed by atoms with van der Waals surface area (Å²) in [5.74, 6) is 1.11. The monoisotopic (exact) mass is 392 g/mol.